The molecular formula is C30H35ClN2O6. The molecule has 0 aromatic heterocycles. The van der Waals surface area contributed by atoms with Gasteiger partial charge in [0.05, 0.1) is 12.6 Å². The lowest BCUT2D eigenvalue weighted by Crippen LogP contribution is -2.40. The number of carboxylic acids is 1. The molecule has 0 aliphatic rings. The van der Waals surface area contributed by atoms with E-state index in [2.05, 4.69) is 0 Å². The van der Waals surface area contributed by atoms with E-state index in [1.165, 1.54) is 4.90 Å². The molecule has 3 rings (SSSR count). The highest BCUT2D eigenvalue weighted by atomic mass is 35.5. The van der Waals surface area contributed by atoms with Crippen LogP contribution in [0.4, 0.5) is 16.2 Å². The number of aliphatic hydroxyl groups excluding tert-OH is 1. The van der Waals surface area contributed by atoms with E-state index in [1.54, 1.807) is 36.4 Å². The lowest BCUT2D eigenvalue weighted by molar-refractivity contribution is -0.139. The number of benzene rings is 3. The summed E-state index contributed by atoms with van der Waals surface area (Å²) in [6.45, 7) is 5.47. The summed E-state index contributed by atoms with van der Waals surface area (Å²) in [4.78, 5) is 27.1. The van der Waals surface area contributed by atoms with Gasteiger partial charge in [-0.2, -0.15) is 0 Å². The summed E-state index contributed by atoms with van der Waals surface area (Å²) in [5.41, 5.74) is 2.86. The van der Waals surface area contributed by atoms with Gasteiger partial charge in [-0.15, -0.1) is 0 Å². The van der Waals surface area contributed by atoms with Crippen LogP contribution >= 0.6 is 11.6 Å². The number of hydrogen-bond donors (Lipinski definition) is 2. The van der Waals surface area contributed by atoms with Crippen LogP contribution in [-0.2, 0) is 16.0 Å². The number of anilines is 2. The van der Waals surface area contributed by atoms with Gasteiger partial charge in [0.2, 0.25) is 0 Å². The van der Waals surface area contributed by atoms with Gasteiger partial charge in [-0.05, 0) is 86.8 Å². The number of carboxylic acid groups (broad SMARTS) is 1. The largest absolute Gasteiger partial charge is 0.482 e. The van der Waals surface area contributed by atoms with Crippen LogP contribution in [0.15, 0.2) is 72.8 Å². The van der Waals surface area contributed by atoms with Crippen LogP contribution in [0.3, 0.4) is 0 Å². The molecule has 2 N–H and O–H groups in total. The Bertz CT molecular complexity index is 1240. The molecular weight excluding hydrogens is 520 g/mol. The molecule has 0 spiro atoms. The highest BCUT2D eigenvalue weighted by Gasteiger charge is 2.24. The summed E-state index contributed by atoms with van der Waals surface area (Å²) in [6, 6.07) is 22.1. The molecule has 0 unspecified atom stereocenters. The van der Waals surface area contributed by atoms with Crippen LogP contribution in [0.25, 0.3) is 0 Å². The molecule has 0 fully saturated rings. The van der Waals surface area contributed by atoms with Crippen LogP contribution in [0.2, 0.25) is 5.02 Å². The van der Waals surface area contributed by atoms with Gasteiger partial charge >= 0.3 is 12.1 Å². The van der Waals surface area contributed by atoms with Gasteiger partial charge in [0.1, 0.15) is 11.4 Å². The predicted octanol–water partition coefficient (Wildman–Crippen LogP) is 6.08. The number of halogens is 1. The summed E-state index contributed by atoms with van der Waals surface area (Å²) < 4.78 is 10.8. The van der Waals surface area contributed by atoms with E-state index in [0.29, 0.717) is 29.3 Å². The zero-order valence-electron chi connectivity index (χ0n) is 22.6. The molecule has 3 aromatic rings. The van der Waals surface area contributed by atoms with Gasteiger partial charge in [0.25, 0.3) is 0 Å². The fourth-order valence-electron chi connectivity index (χ4n) is 3.82. The molecule has 3 aromatic carbocycles. The molecule has 0 heterocycles. The maximum absolute atomic E-state index is 12.9. The van der Waals surface area contributed by atoms with E-state index in [1.807, 2.05) is 69.1 Å². The number of ether oxygens (including phenoxy) is 2. The molecule has 1 amide bonds. The third-order valence-electron chi connectivity index (χ3n) is 5.86. The fourth-order valence-corrected chi connectivity index (χ4v) is 4.02. The van der Waals surface area contributed by atoms with Gasteiger partial charge in [-0.3, -0.25) is 0 Å². The molecule has 0 aliphatic carbocycles. The second-order valence-corrected chi connectivity index (χ2v) is 10.6. The van der Waals surface area contributed by atoms with Crippen molar-refractivity contribution >= 4 is 35.0 Å². The molecule has 9 heteroatoms. The van der Waals surface area contributed by atoms with E-state index in [4.69, 9.17) is 26.2 Å². The first-order chi connectivity index (χ1) is 18.4. The number of amides is 1. The van der Waals surface area contributed by atoms with Crippen LogP contribution in [-0.4, -0.2) is 59.5 Å². The van der Waals surface area contributed by atoms with E-state index < -0.39 is 23.8 Å². The molecule has 0 aliphatic heterocycles. The molecule has 8 nitrogen and oxygen atoms in total. The Morgan fingerprint density at radius 1 is 0.974 bits per heavy atom. The van der Waals surface area contributed by atoms with Crippen molar-refractivity contribution in [3.05, 3.63) is 88.9 Å². The third-order valence-corrected chi connectivity index (χ3v) is 6.09. The average molecular weight is 555 g/mol. The Labute approximate surface area is 234 Å². The van der Waals surface area contributed by atoms with Crippen LogP contribution < -0.4 is 9.64 Å². The maximum Gasteiger partial charge on any atom is 0.410 e. The second-order valence-electron chi connectivity index (χ2n) is 10.1. The van der Waals surface area contributed by atoms with Crippen molar-refractivity contribution in [2.24, 2.45) is 0 Å². The van der Waals surface area contributed by atoms with Crippen molar-refractivity contribution in [1.29, 1.82) is 0 Å². The zero-order chi connectivity index (χ0) is 28.6. The Balaban J connectivity index is 1.65. The lowest BCUT2D eigenvalue weighted by atomic mass is 10.1. The molecule has 0 saturated heterocycles. The lowest BCUT2D eigenvalue weighted by Gasteiger charge is -2.29. The monoisotopic (exact) mass is 554 g/mol. The van der Waals surface area contributed by atoms with E-state index in [0.717, 1.165) is 16.9 Å². The van der Waals surface area contributed by atoms with Crippen LogP contribution in [0.5, 0.6) is 5.75 Å². The van der Waals surface area contributed by atoms with Gasteiger partial charge in [-0.1, -0.05) is 35.9 Å². The first kappa shape index (κ1) is 29.8. The summed E-state index contributed by atoms with van der Waals surface area (Å²) in [5.74, 6) is -0.539. The van der Waals surface area contributed by atoms with E-state index in [-0.39, 0.29) is 13.2 Å². The molecule has 39 heavy (non-hydrogen) atoms. The first-order valence-electron chi connectivity index (χ1n) is 12.6. The van der Waals surface area contributed by atoms with Gasteiger partial charge in [-0.25, -0.2) is 9.59 Å². The van der Waals surface area contributed by atoms with Crippen molar-refractivity contribution in [1.82, 2.24) is 4.90 Å². The van der Waals surface area contributed by atoms with E-state index in [9.17, 15) is 14.7 Å². The standard InChI is InChI=1S/C30H35ClN2O6/c1-30(2,3)39-29(37)33(19-27(34)22-6-5-7-23(31)18-22)17-16-21-8-10-24(11-9-21)32(4)25-12-14-26(15-13-25)38-20-28(35)36/h5-15,18,27,34H,16-17,19-20H2,1-4H3,(H,35,36)/t27-/m0/s1. The third kappa shape index (κ3) is 9.50. The Hall–Kier alpha value is -3.75. The van der Waals surface area contributed by atoms with Crippen molar-refractivity contribution in [2.45, 2.75) is 38.9 Å². The normalized spacial score (nSPS) is 11.9. The van der Waals surface area contributed by atoms with Crippen molar-refractivity contribution in [2.75, 3.05) is 31.6 Å². The summed E-state index contributed by atoms with van der Waals surface area (Å²) in [7, 11) is 1.93. The molecule has 0 bridgehead atoms. The Morgan fingerprint density at radius 2 is 1.59 bits per heavy atom. The van der Waals surface area contributed by atoms with Crippen molar-refractivity contribution in [3.63, 3.8) is 0 Å². The predicted molar refractivity (Wildman–Crippen MR) is 152 cm³/mol. The van der Waals surface area contributed by atoms with Gasteiger partial charge in [0, 0.05) is 30.0 Å². The SMILES string of the molecule is CN(c1ccc(CCN(C[C@H](O)c2cccc(Cl)c2)C(=O)OC(C)(C)C)cc1)c1ccc(OCC(=O)O)cc1. The summed E-state index contributed by atoms with van der Waals surface area (Å²) >= 11 is 6.08. The van der Waals surface area contributed by atoms with Crippen molar-refractivity contribution in [3.8, 4) is 5.75 Å². The van der Waals surface area contributed by atoms with Crippen LogP contribution in [0, 0.1) is 0 Å². The smallest absolute Gasteiger partial charge is 0.410 e. The minimum atomic E-state index is -1.03. The van der Waals surface area contributed by atoms with Crippen molar-refractivity contribution < 1.29 is 29.3 Å². The Morgan fingerprint density at radius 3 is 2.15 bits per heavy atom. The number of aliphatic carboxylic acids is 1. The highest BCUT2D eigenvalue weighted by Crippen LogP contribution is 2.26. The van der Waals surface area contributed by atoms with Crippen LogP contribution in [0.1, 0.15) is 38.0 Å². The number of carbonyl (C=O) groups is 2. The number of hydrogen-bond acceptors (Lipinski definition) is 6. The number of carbonyl (C=O) groups excluding carboxylic acids is 1. The second kappa shape index (κ2) is 13.4. The molecule has 1 atom stereocenters. The average Bonchev–Trinajstić information content (AvgIpc) is 2.89. The van der Waals surface area contributed by atoms with Gasteiger partial charge in [0.15, 0.2) is 6.61 Å². The summed E-state index contributed by atoms with van der Waals surface area (Å²) in [5, 5.41) is 20.1. The number of rotatable bonds is 11. The quantitative estimate of drug-likeness (QED) is 0.296. The number of nitrogens with zero attached hydrogens (tertiary/aromatic N) is 2. The summed E-state index contributed by atoms with van der Waals surface area (Å²) in [6.07, 6.45) is -0.829. The molecule has 0 radical (unpaired) electrons. The molecule has 0 saturated carbocycles. The topological polar surface area (TPSA) is 99.5 Å². The Kier molecular flexibility index (Phi) is 10.2. The first-order valence-corrected chi connectivity index (χ1v) is 13.0. The highest BCUT2D eigenvalue weighted by molar-refractivity contribution is 6.30. The molecule has 208 valence electrons. The number of aliphatic hydroxyl groups is 1. The zero-order valence-corrected chi connectivity index (χ0v) is 23.4. The van der Waals surface area contributed by atoms with Gasteiger partial charge < -0.3 is 29.5 Å². The maximum atomic E-state index is 12.9. The minimum absolute atomic E-state index is 0.0717. The fraction of sp³-hybridized carbons (Fsp3) is 0.333. The van der Waals surface area contributed by atoms with E-state index >= 15 is 0 Å². The minimum Gasteiger partial charge on any atom is -0.482 e.